The van der Waals surface area contributed by atoms with Crippen LogP contribution in [0, 0.1) is 4.64 Å². The number of nitrogens with zero attached hydrogens (tertiary/aromatic N) is 2. The monoisotopic (exact) mass is 312 g/mol. The summed E-state index contributed by atoms with van der Waals surface area (Å²) in [6.45, 7) is 1.05. The number of aromatic amines is 1. The highest BCUT2D eigenvalue weighted by Crippen LogP contribution is 2.39. The minimum atomic E-state index is -1.58. The van der Waals surface area contributed by atoms with Crippen LogP contribution in [0.1, 0.15) is 13.2 Å². The van der Waals surface area contributed by atoms with Crippen molar-refractivity contribution in [1.29, 1.82) is 0 Å². The molecule has 1 saturated heterocycles. The van der Waals surface area contributed by atoms with Crippen LogP contribution in [0.2, 0.25) is 0 Å². The van der Waals surface area contributed by atoms with Gasteiger partial charge in [0, 0.05) is 6.20 Å². The van der Waals surface area contributed by atoms with E-state index in [1.807, 2.05) is 0 Å². The van der Waals surface area contributed by atoms with Crippen molar-refractivity contribution in [1.82, 2.24) is 14.5 Å². The van der Waals surface area contributed by atoms with Gasteiger partial charge in [0.1, 0.15) is 28.1 Å². The van der Waals surface area contributed by atoms with Crippen LogP contribution < -0.4 is 5.73 Å². The highest BCUT2D eigenvalue weighted by Gasteiger charge is 2.53. The average Bonchev–Trinajstić information content (AvgIpc) is 2.91. The second kappa shape index (κ2) is 4.75. The Morgan fingerprint density at radius 1 is 1.62 bits per heavy atom. The predicted octanol–water partition coefficient (Wildman–Crippen LogP) is -0.322. The molecular formula is C12H16N4O4S. The Bertz CT molecular complexity index is 740. The van der Waals surface area contributed by atoms with Gasteiger partial charge in [-0.15, -0.1) is 0 Å². The van der Waals surface area contributed by atoms with Crippen molar-refractivity contribution in [3.8, 4) is 0 Å². The van der Waals surface area contributed by atoms with E-state index in [4.69, 9.17) is 22.7 Å². The van der Waals surface area contributed by atoms with Crippen molar-refractivity contribution >= 4 is 29.2 Å². The van der Waals surface area contributed by atoms with Crippen molar-refractivity contribution in [3.05, 3.63) is 16.9 Å². The lowest BCUT2D eigenvalue weighted by atomic mass is 9.96. The van der Waals surface area contributed by atoms with Crippen LogP contribution >= 0.6 is 12.2 Å². The topological polar surface area (TPSA) is 130 Å². The quantitative estimate of drug-likeness (QED) is 0.480. The van der Waals surface area contributed by atoms with E-state index in [-0.39, 0.29) is 5.95 Å². The summed E-state index contributed by atoms with van der Waals surface area (Å²) in [6, 6.07) is 1.72. The van der Waals surface area contributed by atoms with Gasteiger partial charge in [-0.25, -0.2) is 4.98 Å². The molecule has 1 fully saturated rings. The fourth-order valence-electron chi connectivity index (χ4n) is 2.66. The van der Waals surface area contributed by atoms with E-state index in [0.717, 1.165) is 0 Å². The third-order valence-electron chi connectivity index (χ3n) is 3.80. The van der Waals surface area contributed by atoms with Crippen LogP contribution in [0.4, 0.5) is 5.95 Å². The van der Waals surface area contributed by atoms with Gasteiger partial charge in [0.15, 0.2) is 12.2 Å². The average molecular weight is 312 g/mol. The molecule has 2 aromatic heterocycles. The van der Waals surface area contributed by atoms with Crippen LogP contribution in [0.3, 0.4) is 0 Å². The number of aliphatic hydroxyl groups is 3. The van der Waals surface area contributed by atoms with Crippen molar-refractivity contribution in [2.24, 2.45) is 0 Å². The number of nitrogens with one attached hydrogen (secondary N) is 1. The molecular weight excluding hydrogens is 296 g/mol. The summed E-state index contributed by atoms with van der Waals surface area (Å²) < 4.78 is 7.48. The zero-order valence-corrected chi connectivity index (χ0v) is 12.0. The smallest absolute Gasteiger partial charge is 0.200 e. The molecule has 9 heteroatoms. The maximum atomic E-state index is 10.5. The van der Waals surface area contributed by atoms with E-state index < -0.39 is 30.6 Å². The molecule has 0 radical (unpaired) electrons. The summed E-state index contributed by atoms with van der Waals surface area (Å²) in [6.07, 6.45) is -1.32. The summed E-state index contributed by atoms with van der Waals surface area (Å²) in [5, 5.41) is 30.4. The maximum absolute atomic E-state index is 10.5. The van der Waals surface area contributed by atoms with Gasteiger partial charge in [0.05, 0.1) is 12.0 Å². The van der Waals surface area contributed by atoms with Gasteiger partial charge in [0.25, 0.3) is 0 Å². The summed E-state index contributed by atoms with van der Waals surface area (Å²) >= 11 is 5.14. The van der Waals surface area contributed by atoms with Crippen molar-refractivity contribution in [2.75, 3.05) is 12.3 Å². The Hall–Kier alpha value is -1.52. The molecule has 0 aliphatic carbocycles. The van der Waals surface area contributed by atoms with Gasteiger partial charge < -0.3 is 35.3 Å². The lowest BCUT2D eigenvalue weighted by molar-refractivity contribution is -0.0948. The molecule has 21 heavy (non-hydrogen) atoms. The highest BCUT2D eigenvalue weighted by molar-refractivity contribution is 7.71. The first-order chi connectivity index (χ1) is 9.86. The Labute approximate surface area is 124 Å². The molecule has 114 valence electrons. The van der Waals surface area contributed by atoms with E-state index in [1.54, 1.807) is 16.8 Å². The van der Waals surface area contributed by atoms with Gasteiger partial charge in [-0.1, -0.05) is 12.2 Å². The fraction of sp³-hybridized carbons (Fsp3) is 0.500. The molecule has 0 amide bonds. The summed E-state index contributed by atoms with van der Waals surface area (Å²) in [5.74, 6) is 0.143. The van der Waals surface area contributed by atoms with Crippen molar-refractivity contribution < 1.29 is 20.1 Å². The molecule has 0 saturated carbocycles. The molecule has 1 aliphatic heterocycles. The molecule has 0 bridgehead atoms. The molecule has 8 nitrogen and oxygen atoms in total. The molecule has 3 rings (SSSR count). The largest absolute Gasteiger partial charge is 0.394 e. The van der Waals surface area contributed by atoms with Gasteiger partial charge in [-0.2, -0.15) is 0 Å². The van der Waals surface area contributed by atoms with Crippen molar-refractivity contribution in [3.63, 3.8) is 0 Å². The van der Waals surface area contributed by atoms with Crippen LogP contribution in [0.5, 0.6) is 0 Å². The normalized spacial score (nSPS) is 32.9. The number of hydrogen-bond donors (Lipinski definition) is 5. The molecule has 1 aliphatic rings. The lowest BCUT2D eigenvalue weighted by Crippen LogP contribution is -2.44. The number of aromatic nitrogens is 3. The van der Waals surface area contributed by atoms with Crippen LogP contribution in [0.15, 0.2) is 12.3 Å². The molecule has 0 spiro atoms. The van der Waals surface area contributed by atoms with Crippen LogP contribution in [0.25, 0.3) is 11.0 Å². The number of nitrogen functional groups attached to an aromatic ring is 1. The zero-order chi connectivity index (χ0) is 15.4. The SMILES string of the molecule is C[C@]1(O)C(O)[C@@H](CO)O[C@H]1n1ccc2c(=S)nc(N)[nH]c21. The van der Waals surface area contributed by atoms with E-state index in [2.05, 4.69) is 9.97 Å². The minimum Gasteiger partial charge on any atom is -0.394 e. The van der Waals surface area contributed by atoms with Gasteiger partial charge in [0.2, 0.25) is 0 Å². The number of aliphatic hydroxyl groups excluding tert-OH is 2. The molecule has 2 aromatic rings. The lowest BCUT2D eigenvalue weighted by Gasteiger charge is -2.27. The number of H-pyrrole nitrogens is 1. The Kier molecular flexibility index (Phi) is 3.26. The molecule has 1 unspecified atom stereocenters. The second-order valence-electron chi connectivity index (χ2n) is 5.29. The Morgan fingerprint density at radius 3 is 2.95 bits per heavy atom. The second-order valence-corrected chi connectivity index (χ2v) is 5.68. The maximum Gasteiger partial charge on any atom is 0.200 e. The van der Waals surface area contributed by atoms with Crippen LogP contribution in [-0.2, 0) is 4.74 Å². The van der Waals surface area contributed by atoms with Gasteiger partial charge in [-0.3, -0.25) is 0 Å². The minimum absolute atomic E-state index is 0.143. The van der Waals surface area contributed by atoms with Gasteiger partial charge >= 0.3 is 0 Å². The van der Waals surface area contributed by atoms with E-state index >= 15 is 0 Å². The Balaban J connectivity index is 2.15. The standard InChI is InChI=1S/C12H16N4O4S/c1-12(19)7(18)6(4-17)20-10(12)16-3-2-5-8(16)14-11(13)15-9(5)21/h2-3,6-7,10,17-19H,4H2,1H3,(H3,13,14,15,21)/t6-,7?,10-,12+/m1/s1. The summed E-state index contributed by atoms with van der Waals surface area (Å²) in [4.78, 5) is 6.82. The number of rotatable bonds is 2. The van der Waals surface area contributed by atoms with E-state index in [1.165, 1.54) is 6.92 Å². The number of fused-ring (bicyclic) bond motifs is 1. The van der Waals surface area contributed by atoms with E-state index in [0.29, 0.717) is 15.7 Å². The predicted molar refractivity (Wildman–Crippen MR) is 77.0 cm³/mol. The molecule has 0 aromatic carbocycles. The third kappa shape index (κ3) is 2.05. The summed E-state index contributed by atoms with van der Waals surface area (Å²) in [7, 11) is 0. The fourth-order valence-corrected chi connectivity index (χ4v) is 2.92. The molecule has 4 atom stereocenters. The first-order valence-corrected chi connectivity index (χ1v) is 6.80. The number of anilines is 1. The zero-order valence-electron chi connectivity index (χ0n) is 11.2. The first-order valence-electron chi connectivity index (χ1n) is 6.39. The highest BCUT2D eigenvalue weighted by atomic mass is 32.1. The Morgan fingerprint density at radius 2 is 2.33 bits per heavy atom. The number of nitrogens with two attached hydrogens (primary N) is 1. The van der Waals surface area contributed by atoms with E-state index in [9.17, 15) is 15.3 Å². The van der Waals surface area contributed by atoms with Crippen molar-refractivity contribution in [2.45, 2.75) is 31.0 Å². The molecule has 3 heterocycles. The molecule has 6 N–H and O–H groups in total. The van der Waals surface area contributed by atoms with Crippen LogP contribution in [-0.4, -0.2) is 54.3 Å². The number of ether oxygens (including phenoxy) is 1. The number of hydrogen-bond acceptors (Lipinski definition) is 7. The third-order valence-corrected chi connectivity index (χ3v) is 4.11. The van der Waals surface area contributed by atoms with Gasteiger partial charge in [-0.05, 0) is 13.0 Å². The first kappa shape index (κ1) is 14.4. The summed E-state index contributed by atoms with van der Waals surface area (Å²) in [5.41, 5.74) is 4.61.